The number of rotatable bonds is 3. The van der Waals surface area contributed by atoms with Crippen LogP contribution < -0.4 is 5.73 Å². The lowest BCUT2D eigenvalue weighted by molar-refractivity contribution is 0.291. The molecule has 0 aliphatic carbocycles. The van der Waals surface area contributed by atoms with Crippen molar-refractivity contribution < 1.29 is 0 Å². The second-order valence-electron chi connectivity index (χ2n) is 5.30. The van der Waals surface area contributed by atoms with Crippen molar-refractivity contribution in [1.82, 2.24) is 14.5 Å². The van der Waals surface area contributed by atoms with Gasteiger partial charge in [-0.1, -0.05) is 17.7 Å². The Morgan fingerprint density at radius 1 is 1.37 bits per heavy atom. The third kappa shape index (κ3) is 2.30. The monoisotopic (exact) mass is 278 g/mol. The van der Waals surface area contributed by atoms with E-state index in [0.29, 0.717) is 5.95 Å². The number of hydrogen-bond donors (Lipinski definition) is 1. The van der Waals surface area contributed by atoms with Gasteiger partial charge in [-0.05, 0) is 45.0 Å². The lowest BCUT2D eigenvalue weighted by atomic mass is 10.2. The van der Waals surface area contributed by atoms with Crippen LogP contribution in [0.1, 0.15) is 25.8 Å². The van der Waals surface area contributed by atoms with Gasteiger partial charge in [0.05, 0.1) is 16.1 Å². The van der Waals surface area contributed by atoms with Gasteiger partial charge in [-0.25, -0.2) is 4.98 Å². The maximum atomic E-state index is 6.31. The van der Waals surface area contributed by atoms with Gasteiger partial charge < -0.3 is 15.2 Å². The molecule has 0 radical (unpaired) electrons. The molecule has 0 saturated carbocycles. The van der Waals surface area contributed by atoms with Crippen molar-refractivity contribution in [3.63, 3.8) is 0 Å². The highest BCUT2D eigenvalue weighted by Crippen LogP contribution is 2.29. The fraction of sp³-hybridized carbons (Fsp3) is 0.500. The number of fused-ring (bicyclic) bond motifs is 1. The summed E-state index contributed by atoms with van der Waals surface area (Å²) in [6, 6.07) is 6.04. The van der Waals surface area contributed by atoms with E-state index in [1.165, 1.54) is 25.9 Å². The van der Waals surface area contributed by atoms with Crippen molar-refractivity contribution in [3.05, 3.63) is 23.2 Å². The predicted octanol–water partition coefficient (Wildman–Crippen LogP) is 2.93. The van der Waals surface area contributed by atoms with Crippen LogP contribution in [0, 0.1) is 0 Å². The van der Waals surface area contributed by atoms with Gasteiger partial charge in [-0.15, -0.1) is 0 Å². The van der Waals surface area contributed by atoms with Crippen LogP contribution in [0.5, 0.6) is 0 Å². The molecule has 0 amide bonds. The molecule has 1 atom stereocenters. The summed E-state index contributed by atoms with van der Waals surface area (Å²) in [4.78, 5) is 6.89. The summed E-state index contributed by atoms with van der Waals surface area (Å²) in [5.74, 6) is 0.551. The zero-order valence-corrected chi connectivity index (χ0v) is 11.9. The number of para-hydroxylation sites is 1. The number of benzene rings is 1. The third-order valence-corrected chi connectivity index (χ3v) is 4.16. The minimum Gasteiger partial charge on any atom is -0.369 e. The van der Waals surface area contributed by atoms with Crippen LogP contribution in [0.3, 0.4) is 0 Å². The summed E-state index contributed by atoms with van der Waals surface area (Å²) in [6.45, 7) is 5.55. The van der Waals surface area contributed by atoms with Gasteiger partial charge in [0.25, 0.3) is 0 Å². The average molecular weight is 279 g/mol. The van der Waals surface area contributed by atoms with Gasteiger partial charge in [0.1, 0.15) is 0 Å². The van der Waals surface area contributed by atoms with E-state index in [4.69, 9.17) is 17.3 Å². The highest BCUT2D eigenvalue weighted by molar-refractivity contribution is 6.35. The summed E-state index contributed by atoms with van der Waals surface area (Å²) >= 11 is 6.31. The molecule has 1 fully saturated rings. The molecule has 1 unspecified atom stereocenters. The van der Waals surface area contributed by atoms with Gasteiger partial charge in [0.15, 0.2) is 0 Å². The van der Waals surface area contributed by atoms with Crippen molar-refractivity contribution in [2.45, 2.75) is 25.8 Å². The van der Waals surface area contributed by atoms with Gasteiger partial charge >= 0.3 is 0 Å². The van der Waals surface area contributed by atoms with Gasteiger partial charge in [0, 0.05) is 12.6 Å². The molecule has 1 aliphatic heterocycles. The van der Waals surface area contributed by atoms with E-state index in [1.54, 1.807) is 0 Å². The molecule has 1 saturated heterocycles. The van der Waals surface area contributed by atoms with Gasteiger partial charge in [-0.3, -0.25) is 0 Å². The molecule has 0 spiro atoms. The third-order valence-electron chi connectivity index (χ3n) is 3.85. The number of aromatic nitrogens is 2. The number of nitrogen functional groups attached to an aromatic ring is 1. The quantitative estimate of drug-likeness (QED) is 0.939. The standard InChI is InChI=1S/C14H19ClN4/c1-10(9-18-7-2-3-8-18)19-13-11(15)5-4-6-12(13)17-14(19)16/h4-6,10H,2-3,7-9H2,1H3,(H2,16,17). The highest BCUT2D eigenvalue weighted by Gasteiger charge is 2.20. The van der Waals surface area contributed by atoms with Gasteiger partial charge in [0.2, 0.25) is 5.95 Å². The van der Waals surface area contributed by atoms with Crippen LogP contribution in [-0.4, -0.2) is 34.1 Å². The maximum Gasteiger partial charge on any atom is 0.201 e. The number of halogens is 1. The molecule has 3 rings (SSSR count). The lowest BCUT2D eigenvalue weighted by Gasteiger charge is -2.22. The van der Waals surface area contributed by atoms with Crippen LogP contribution in [0.15, 0.2) is 18.2 Å². The number of nitrogens with zero attached hydrogens (tertiary/aromatic N) is 3. The van der Waals surface area contributed by atoms with E-state index in [9.17, 15) is 0 Å². The summed E-state index contributed by atoms with van der Waals surface area (Å²) < 4.78 is 2.07. The first kappa shape index (κ1) is 12.8. The molecular weight excluding hydrogens is 260 g/mol. The van der Waals surface area contributed by atoms with E-state index in [2.05, 4.69) is 21.4 Å². The number of hydrogen-bond acceptors (Lipinski definition) is 3. The molecule has 2 N–H and O–H groups in total. The summed E-state index contributed by atoms with van der Waals surface area (Å²) in [6.07, 6.45) is 2.60. The fourth-order valence-electron chi connectivity index (χ4n) is 2.99. The first-order valence-corrected chi connectivity index (χ1v) is 7.19. The Labute approximate surface area is 118 Å². The maximum absolute atomic E-state index is 6.31. The van der Waals surface area contributed by atoms with E-state index < -0.39 is 0 Å². The molecule has 2 aromatic rings. The average Bonchev–Trinajstić information content (AvgIpc) is 2.96. The minimum absolute atomic E-state index is 0.281. The lowest BCUT2D eigenvalue weighted by Crippen LogP contribution is -2.27. The van der Waals surface area contributed by atoms with E-state index >= 15 is 0 Å². The van der Waals surface area contributed by atoms with Crippen LogP contribution in [0.25, 0.3) is 11.0 Å². The normalized spacial score (nSPS) is 18.2. The largest absolute Gasteiger partial charge is 0.369 e. The second kappa shape index (κ2) is 5.02. The molecule has 102 valence electrons. The number of likely N-dealkylation sites (tertiary alicyclic amines) is 1. The SMILES string of the molecule is CC(CN1CCCC1)n1c(N)nc2cccc(Cl)c21. The van der Waals surface area contributed by atoms with Crippen molar-refractivity contribution >= 4 is 28.6 Å². The summed E-state index contributed by atoms with van der Waals surface area (Å²) in [7, 11) is 0. The molecule has 2 heterocycles. The van der Waals surface area contributed by atoms with Crippen LogP contribution >= 0.6 is 11.6 Å². The minimum atomic E-state index is 0.281. The molecule has 0 bridgehead atoms. The molecule has 1 aromatic heterocycles. The predicted molar refractivity (Wildman–Crippen MR) is 79.5 cm³/mol. The first-order chi connectivity index (χ1) is 9.16. The van der Waals surface area contributed by atoms with E-state index in [-0.39, 0.29) is 6.04 Å². The Morgan fingerprint density at radius 2 is 2.11 bits per heavy atom. The zero-order valence-electron chi connectivity index (χ0n) is 11.1. The van der Waals surface area contributed by atoms with Crippen molar-refractivity contribution in [3.8, 4) is 0 Å². The molecule has 4 nitrogen and oxygen atoms in total. The van der Waals surface area contributed by atoms with E-state index in [0.717, 1.165) is 22.6 Å². The summed E-state index contributed by atoms with van der Waals surface area (Å²) in [5.41, 5.74) is 7.90. The molecule has 1 aromatic carbocycles. The Bertz CT molecular complexity index is 586. The Balaban J connectivity index is 1.96. The van der Waals surface area contributed by atoms with Crippen LogP contribution in [0.4, 0.5) is 5.95 Å². The molecular formula is C14H19ClN4. The molecule has 19 heavy (non-hydrogen) atoms. The first-order valence-electron chi connectivity index (χ1n) is 6.81. The van der Waals surface area contributed by atoms with E-state index in [1.807, 2.05) is 18.2 Å². The number of anilines is 1. The Morgan fingerprint density at radius 3 is 2.84 bits per heavy atom. The smallest absolute Gasteiger partial charge is 0.201 e. The van der Waals surface area contributed by atoms with Crippen LogP contribution in [0.2, 0.25) is 5.02 Å². The highest BCUT2D eigenvalue weighted by atomic mass is 35.5. The molecule has 1 aliphatic rings. The fourth-order valence-corrected chi connectivity index (χ4v) is 3.25. The number of nitrogens with two attached hydrogens (primary N) is 1. The van der Waals surface area contributed by atoms with Crippen molar-refractivity contribution in [2.75, 3.05) is 25.4 Å². The Hall–Kier alpha value is -1.26. The zero-order chi connectivity index (χ0) is 13.4. The van der Waals surface area contributed by atoms with Crippen molar-refractivity contribution in [2.24, 2.45) is 0 Å². The summed E-state index contributed by atoms with van der Waals surface area (Å²) in [5, 5.41) is 0.718. The van der Waals surface area contributed by atoms with Crippen LogP contribution in [-0.2, 0) is 0 Å². The molecule has 5 heteroatoms. The van der Waals surface area contributed by atoms with Crippen molar-refractivity contribution in [1.29, 1.82) is 0 Å². The van der Waals surface area contributed by atoms with Gasteiger partial charge in [-0.2, -0.15) is 0 Å². The topological polar surface area (TPSA) is 47.1 Å². The Kier molecular flexibility index (Phi) is 3.37. The number of imidazole rings is 1. The second-order valence-corrected chi connectivity index (χ2v) is 5.71.